The van der Waals surface area contributed by atoms with Gasteiger partial charge in [-0.15, -0.1) is 0 Å². The van der Waals surface area contributed by atoms with Crippen LogP contribution >= 0.6 is 0 Å². The maximum atomic E-state index is 12.3. The molecule has 1 aliphatic rings. The molecular formula is C16H23N5O3S. The fourth-order valence-electron chi connectivity index (χ4n) is 3.11. The molecule has 136 valence electrons. The Balaban J connectivity index is 1.64. The highest BCUT2D eigenvalue weighted by Gasteiger charge is 2.23. The number of rotatable bonds is 5. The number of nitrogens with one attached hydrogen (secondary N) is 2. The predicted octanol–water partition coefficient (Wildman–Crippen LogP) is 0.728. The van der Waals surface area contributed by atoms with Crippen LogP contribution in [-0.2, 0) is 16.6 Å². The summed E-state index contributed by atoms with van der Waals surface area (Å²) in [4.78, 5) is 16.5. The molecule has 0 aliphatic carbocycles. The second kappa shape index (κ2) is 7.11. The van der Waals surface area contributed by atoms with Gasteiger partial charge in [0.15, 0.2) is 0 Å². The average Bonchev–Trinajstić information content (AvgIpc) is 3.02. The van der Waals surface area contributed by atoms with Crippen LogP contribution in [0.15, 0.2) is 34.0 Å². The SMILES string of the molecule is CN(C)S(=O)(=O)c1cccc(CN2CCC(c3n[nH]c(=O)[nH]3)CC2)c1. The fourth-order valence-corrected chi connectivity index (χ4v) is 4.09. The molecule has 0 spiro atoms. The van der Waals surface area contributed by atoms with E-state index < -0.39 is 10.0 Å². The molecule has 0 saturated carbocycles. The van der Waals surface area contributed by atoms with E-state index in [1.54, 1.807) is 18.2 Å². The zero-order chi connectivity index (χ0) is 18.0. The topological polar surface area (TPSA) is 102 Å². The lowest BCUT2D eigenvalue weighted by molar-refractivity contribution is 0.201. The summed E-state index contributed by atoms with van der Waals surface area (Å²) in [5, 5.41) is 6.43. The molecule has 0 amide bonds. The Morgan fingerprint density at radius 2 is 2.00 bits per heavy atom. The first-order valence-electron chi connectivity index (χ1n) is 8.24. The van der Waals surface area contributed by atoms with E-state index in [-0.39, 0.29) is 11.6 Å². The Morgan fingerprint density at radius 1 is 1.28 bits per heavy atom. The molecule has 8 nitrogen and oxygen atoms in total. The Labute approximate surface area is 146 Å². The number of hydrogen-bond acceptors (Lipinski definition) is 5. The highest BCUT2D eigenvalue weighted by atomic mass is 32.2. The summed E-state index contributed by atoms with van der Waals surface area (Å²) in [6.45, 7) is 2.47. The molecule has 0 unspecified atom stereocenters. The van der Waals surface area contributed by atoms with Crippen LogP contribution in [0.25, 0.3) is 0 Å². The largest absolute Gasteiger partial charge is 0.340 e. The molecule has 2 heterocycles. The average molecular weight is 365 g/mol. The summed E-state index contributed by atoms with van der Waals surface area (Å²) >= 11 is 0. The van der Waals surface area contributed by atoms with Crippen molar-refractivity contribution >= 4 is 10.0 Å². The van der Waals surface area contributed by atoms with Gasteiger partial charge in [-0.05, 0) is 43.6 Å². The van der Waals surface area contributed by atoms with Gasteiger partial charge in [-0.2, -0.15) is 5.10 Å². The molecule has 0 bridgehead atoms. The zero-order valence-electron chi connectivity index (χ0n) is 14.4. The molecule has 1 aromatic carbocycles. The summed E-state index contributed by atoms with van der Waals surface area (Å²) in [6, 6.07) is 7.10. The van der Waals surface area contributed by atoms with Gasteiger partial charge in [0.1, 0.15) is 5.82 Å². The Hall–Kier alpha value is -1.97. The summed E-state index contributed by atoms with van der Waals surface area (Å²) in [5.74, 6) is 0.986. The smallest absolute Gasteiger partial charge is 0.299 e. The molecule has 0 atom stereocenters. The maximum absolute atomic E-state index is 12.3. The van der Waals surface area contributed by atoms with Crippen LogP contribution in [0.3, 0.4) is 0 Å². The molecule has 25 heavy (non-hydrogen) atoms. The Morgan fingerprint density at radius 3 is 2.60 bits per heavy atom. The van der Waals surface area contributed by atoms with E-state index in [2.05, 4.69) is 20.1 Å². The van der Waals surface area contributed by atoms with Crippen molar-refractivity contribution in [2.24, 2.45) is 0 Å². The quantitative estimate of drug-likeness (QED) is 0.813. The van der Waals surface area contributed by atoms with Gasteiger partial charge in [0, 0.05) is 26.6 Å². The van der Waals surface area contributed by atoms with E-state index in [4.69, 9.17) is 0 Å². The number of H-pyrrole nitrogens is 2. The fraction of sp³-hybridized carbons (Fsp3) is 0.500. The molecule has 9 heteroatoms. The number of hydrogen-bond donors (Lipinski definition) is 2. The first kappa shape index (κ1) is 17.8. The van der Waals surface area contributed by atoms with Crippen molar-refractivity contribution in [2.75, 3.05) is 27.2 Å². The number of aromatic nitrogens is 3. The van der Waals surface area contributed by atoms with E-state index in [0.717, 1.165) is 37.3 Å². The minimum Gasteiger partial charge on any atom is -0.299 e. The molecule has 0 radical (unpaired) electrons. The van der Waals surface area contributed by atoms with E-state index in [0.29, 0.717) is 11.4 Å². The van der Waals surface area contributed by atoms with E-state index in [1.807, 2.05) is 6.07 Å². The first-order chi connectivity index (χ1) is 11.9. The second-order valence-corrected chi connectivity index (χ2v) is 8.70. The maximum Gasteiger partial charge on any atom is 0.340 e. The lowest BCUT2D eigenvalue weighted by atomic mass is 9.96. The lowest BCUT2D eigenvalue weighted by Crippen LogP contribution is -2.33. The van der Waals surface area contributed by atoms with Gasteiger partial charge in [-0.1, -0.05) is 12.1 Å². The van der Waals surface area contributed by atoms with E-state index in [1.165, 1.54) is 18.4 Å². The first-order valence-corrected chi connectivity index (χ1v) is 9.68. The Bertz CT molecular complexity index is 879. The van der Waals surface area contributed by atoms with Crippen LogP contribution in [0.4, 0.5) is 0 Å². The van der Waals surface area contributed by atoms with Gasteiger partial charge in [0.2, 0.25) is 10.0 Å². The van der Waals surface area contributed by atoms with Crippen molar-refractivity contribution in [3.63, 3.8) is 0 Å². The molecule has 1 aliphatic heterocycles. The third-order valence-electron chi connectivity index (χ3n) is 4.58. The van der Waals surface area contributed by atoms with Gasteiger partial charge in [-0.3, -0.25) is 9.88 Å². The summed E-state index contributed by atoms with van der Waals surface area (Å²) in [5.41, 5.74) is 0.714. The van der Waals surface area contributed by atoms with Crippen molar-refractivity contribution in [3.8, 4) is 0 Å². The van der Waals surface area contributed by atoms with Crippen LogP contribution < -0.4 is 5.69 Å². The molecule has 2 aromatic rings. The van der Waals surface area contributed by atoms with Gasteiger partial charge in [-0.25, -0.2) is 22.6 Å². The second-order valence-electron chi connectivity index (χ2n) is 6.55. The van der Waals surface area contributed by atoms with Crippen LogP contribution in [0.2, 0.25) is 0 Å². The minimum atomic E-state index is -3.41. The van der Waals surface area contributed by atoms with Gasteiger partial charge in [0.25, 0.3) is 0 Å². The number of sulfonamides is 1. The van der Waals surface area contributed by atoms with Crippen molar-refractivity contribution in [1.82, 2.24) is 24.4 Å². The number of nitrogens with zero attached hydrogens (tertiary/aromatic N) is 3. The molecule has 3 rings (SSSR count). The molecule has 1 fully saturated rings. The van der Waals surface area contributed by atoms with Gasteiger partial charge in [0.05, 0.1) is 4.90 Å². The van der Waals surface area contributed by atoms with Crippen molar-refractivity contribution < 1.29 is 8.42 Å². The van der Waals surface area contributed by atoms with Crippen molar-refractivity contribution in [1.29, 1.82) is 0 Å². The summed E-state index contributed by atoms with van der Waals surface area (Å²) in [7, 11) is -0.346. The number of aromatic amines is 2. The zero-order valence-corrected chi connectivity index (χ0v) is 15.2. The molecular weight excluding hydrogens is 342 g/mol. The summed E-state index contributed by atoms with van der Waals surface area (Å²) in [6.07, 6.45) is 1.83. The summed E-state index contributed by atoms with van der Waals surface area (Å²) < 4.78 is 25.7. The third-order valence-corrected chi connectivity index (χ3v) is 6.39. The van der Waals surface area contributed by atoms with Crippen LogP contribution in [0.5, 0.6) is 0 Å². The standard InChI is InChI=1S/C16H23N5O3S/c1-20(2)25(23,24)14-5-3-4-12(10-14)11-21-8-6-13(7-9-21)15-17-16(22)19-18-15/h3-5,10,13H,6-9,11H2,1-2H3,(H2,17,18,19,22). The monoisotopic (exact) mass is 365 g/mol. The van der Waals surface area contributed by atoms with E-state index in [9.17, 15) is 13.2 Å². The molecule has 1 aromatic heterocycles. The predicted molar refractivity (Wildman–Crippen MR) is 93.8 cm³/mol. The van der Waals surface area contributed by atoms with Crippen LogP contribution in [-0.4, -0.2) is 60.0 Å². The van der Waals surface area contributed by atoms with Crippen molar-refractivity contribution in [3.05, 3.63) is 46.1 Å². The number of piperidine rings is 1. The highest BCUT2D eigenvalue weighted by Crippen LogP contribution is 2.26. The van der Waals surface area contributed by atoms with Gasteiger partial charge >= 0.3 is 5.69 Å². The third kappa shape index (κ3) is 4.00. The minimum absolute atomic E-state index is 0.260. The normalized spacial score (nSPS) is 17.2. The molecule has 1 saturated heterocycles. The molecule has 2 N–H and O–H groups in total. The lowest BCUT2D eigenvalue weighted by Gasteiger charge is -2.31. The Kier molecular flexibility index (Phi) is 5.07. The van der Waals surface area contributed by atoms with Gasteiger partial charge < -0.3 is 0 Å². The number of likely N-dealkylation sites (tertiary alicyclic amines) is 1. The number of benzene rings is 1. The van der Waals surface area contributed by atoms with E-state index >= 15 is 0 Å². The van der Waals surface area contributed by atoms with Crippen LogP contribution in [0.1, 0.15) is 30.1 Å². The van der Waals surface area contributed by atoms with Crippen LogP contribution in [0, 0.1) is 0 Å². The highest BCUT2D eigenvalue weighted by molar-refractivity contribution is 7.89. The van der Waals surface area contributed by atoms with Crippen molar-refractivity contribution in [2.45, 2.75) is 30.2 Å².